The van der Waals surface area contributed by atoms with Crippen molar-refractivity contribution in [3.05, 3.63) is 24.0 Å². The molecule has 0 unspecified atom stereocenters. The molecule has 1 aromatic heterocycles. The van der Waals surface area contributed by atoms with E-state index in [-0.39, 0.29) is 24.0 Å². The predicted octanol–water partition coefficient (Wildman–Crippen LogP) is 1.69. The Bertz CT molecular complexity index is 378. The number of guanidine groups is 1. The molecule has 0 aromatic carbocycles. The average Bonchev–Trinajstić information content (AvgIpc) is 2.75. The second kappa shape index (κ2) is 10.1. The second-order valence-electron chi connectivity index (χ2n) is 4.29. The molecular weight excluding hydrogens is 355 g/mol. The Balaban J connectivity index is 0.00000324. The largest absolute Gasteiger partial charge is 0.385 e. The molecule has 1 aromatic rings. The van der Waals surface area contributed by atoms with E-state index in [1.165, 1.54) is 5.69 Å². The van der Waals surface area contributed by atoms with Gasteiger partial charge in [0.05, 0.1) is 6.54 Å². The van der Waals surface area contributed by atoms with Gasteiger partial charge in [-0.05, 0) is 18.6 Å². The fraction of sp³-hybridized carbons (Fsp3) is 0.615. The Morgan fingerprint density at radius 1 is 1.53 bits per heavy atom. The van der Waals surface area contributed by atoms with E-state index >= 15 is 0 Å². The number of halogens is 1. The Hall–Kier alpha value is -0.760. The number of ether oxygens (including phenoxy) is 1. The molecular formula is C13H25IN4O. The molecule has 0 aliphatic carbocycles. The Morgan fingerprint density at radius 3 is 2.79 bits per heavy atom. The molecule has 1 N–H and O–H groups in total. The Kier molecular flexibility index (Phi) is 9.68. The lowest BCUT2D eigenvalue weighted by Gasteiger charge is -2.22. The zero-order chi connectivity index (χ0) is 13.4. The van der Waals surface area contributed by atoms with Crippen LogP contribution in [0.15, 0.2) is 23.3 Å². The number of nitrogens with one attached hydrogen (secondary N) is 1. The molecule has 1 heterocycles. The molecule has 0 radical (unpaired) electrons. The summed E-state index contributed by atoms with van der Waals surface area (Å²) in [7, 11) is 7.62. The van der Waals surface area contributed by atoms with Crippen LogP contribution < -0.4 is 5.32 Å². The van der Waals surface area contributed by atoms with E-state index in [0.29, 0.717) is 0 Å². The van der Waals surface area contributed by atoms with Crippen molar-refractivity contribution in [1.29, 1.82) is 0 Å². The zero-order valence-electron chi connectivity index (χ0n) is 12.2. The van der Waals surface area contributed by atoms with Crippen LogP contribution in [-0.4, -0.2) is 49.8 Å². The number of nitrogens with zero attached hydrogens (tertiary/aromatic N) is 3. The SMILES string of the molecule is CN=C(NCCCOC)N(C)Cc1cccn1C.I. The highest BCUT2D eigenvalue weighted by molar-refractivity contribution is 14.0. The average molecular weight is 380 g/mol. The third kappa shape index (κ3) is 6.29. The van der Waals surface area contributed by atoms with Gasteiger partial charge in [0, 0.05) is 53.3 Å². The molecule has 0 saturated carbocycles. The molecule has 0 aliphatic heterocycles. The fourth-order valence-corrected chi connectivity index (χ4v) is 1.78. The van der Waals surface area contributed by atoms with E-state index < -0.39 is 0 Å². The summed E-state index contributed by atoms with van der Waals surface area (Å²) >= 11 is 0. The van der Waals surface area contributed by atoms with Crippen molar-refractivity contribution in [3.63, 3.8) is 0 Å². The topological polar surface area (TPSA) is 41.8 Å². The summed E-state index contributed by atoms with van der Waals surface area (Å²) in [5, 5.41) is 3.32. The number of aromatic nitrogens is 1. The summed E-state index contributed by atoms with van der Waals surface area (Å²) in [4.78, 5) is 6.39. The smallest absolute Gasteiger partial charge is 0.193 e. The third-order valence-electron chi connectivity index (χ3n) is 2.83. The molecule has 0 saturated heterocycles. The summed E-state index contributed by atoms with van der Waals surface area (Å²) < 4.78 is 7.14. The van der Waals surface area contributed by atoms with E-state index in [9.17, 15) is 0 Å². The van der Waals surface area contributed by atoms with Gasteiger partial charge in [0.1, 0.15) is 0 Å². The van der Waals surface area contributed by atoms with Crippen molar-refractivity contribution in [3.8, 4) is 0 Å². The van der Waals surface area contributed by atoms with Crippen LogP contribution in [0.4, 0.5) is 0 Å². The van der Waals surface area contributed by atoms with Gasteiger partial charge >= 0.3 is 0 Å². The number of rotatable bonds is 6. The van der Waals surface area contributed by atoms with Gasteiger partial charge in [-0.15, -0.1) is 24.0 Å². The van der Waals surface area contributed by atoms with Crippen molar-refractivity contribution >= 4 is 29.9 Å². The van der Waals surface area contributed by atoms with Gasteiger partial charge in [0.2, 0.25) is 0 Å². The van der Waals surface area contributed by atoms with Crippen LogP contribution in [0.5, 0.6) is 0 Å². The Morgan fingerprint density at radius 2 is 2.26 bits per heavy atom. The minimum absolute atomic E-state index is 0. The van der Waals surface area contributed by atoms with Crippen molar-refractivity contribution in [2.45, 2.75) is 13.0 Å². The molecule has 19 heavy (non-hydrogen) atoms. The first kappa shape index (κ1) is 18.2. The van der Waals surface area contributed by atoms with E-state index in [2.05, 4.69) is 45.2 Å². The van der Waals surface area contributed by atoms with Crippen LogP contribution in [0.2, 0.25) is 0 Å². The number of aliphatic imine (C=N–C) groups is 1. The minimum Gasteiger partial charge on any atom is -0.385 e. The first-order valence-electron chi connectivity index (χ1n) is 6.20. The van der Waals surface area contributed by atoms with Gasteiger partial charge in [0.15, 0.2) is 5.96 Å². The zero-order valence-corrected chi connectivity index (χ0v) is 14.5. The quantitative estimate of drug-likeness (QED) is 0.354. The Labute approximate surface area is 133 Å². The fourth-order valence-electron chi connectivity index (χ4n) is 1.78. The van der Waals surface area contributed by atoms with Crippen LogP contribution in [0.1, 0.15) is 12.1 Å². The van der Waals surface area contributed by atoms with Crippen molar-refractivity contribution < 1.29 is 4.74 Å². The van der Waals surface area contributed by atoms with Crippen LogP contribution in [-0.2, 0) is 18.3 Å². The van der Waals surface area contributed by atoms with Crippen LogP contribution >= 0.6 is 24.0 Å². The lowest BCUT2D eigenvalue weighted by atomic mass is 10.4. The van der Waals surface area contributed by atoms with Crippen molar-refractivity contribution in [2.24, 2.45) is 12.0 Å². The molecule has 6 heteroatoms. The van der Waals surface area contributed by atoms with E-state index in [1.54, 1.807) is 14.2 Å². The van der Waals surface area contributed by atoms with Gasteiger partial charge < -0.3 is 19.5 Å². The monoisotopic (exact) mass is 380 g/mol. The van der Waals surface area contributed by atoms with E-state index in [0.717, 1.165) is 32.1 Å². The molecule has 0 aliphatic rings. The van der Waals surface area contributed by atoms with Crippen molar-refractivity contribution in [1.82, 2.24) is 14.8 Å². The first-order valence-corrected chi connectivity index (χ1v) is 6.20. The van der Waals surface area contributed by atoms with Crippen LogP contribution in [0, 0.1) is 0 Å². The lowest BCUT2D eigenvalue weighted by Crippen LogP contribution is -2.39. The number of methoxy groups -OCH3 is 1. The lowest BCUT2D eigenvalue weighted by molar-refractivity contribution is 0.195. The standard InChI is InChI=1S/C13H24N4O.HI/c1-14-13(15-8-6-10-18-4)17(3)11-12-7-5-9-16(12)2;/h5,7,9H,6,8,10-11H2,1-4H3,(H,14,15);1H. The summed E-state index contributed by atoms with van der Waals surface area (Å²) in [5.74, 6) is 0.910. The van der Waals surface area contributed by atoms with Crippen LogP contribution in [0.3, 0.4) is 0 Å². The van der Waals surface area contributed by atoms with E-state index in [4.69, 9.17) is 4.74 Å². The highest BCUT2D eigenvalue weighted by Gasteiger charge is 2.07. The molecule has 0 amide bonds. The number of hydrogen-bond donors (Lipinski definition) is 1. The summed E-state index contributed by atoms with van der Waals surface area (Å²) in [5.41, 5.74) is 1.26. The van der Waals surface area contributed by atoms with Crippen LogP contribution in [0.25, 0.3) is 0 Å². The van der Waals surface area contributed by atoms with Gasteiger partial charge in [-0.1, -0.05) is 0 Å². The summed E-state index contributed by atoms with van der Waals surface area (Å²) in [6.45, 7) is 2.48. The molecule has 0 spiro atoms. The van der Waals surface area contributed by atoms with E-state index in [1.807, 2.05) is 7.05 Å². The van der Waals surface area contributed by atoms with Gasteiger partial charge in [0.25, 0.3) is 0 Å². The number of hydrogen-bond acceptors (Lipinski definition) is 2. The maximum atomic E-state index is 5.02. The van der Waals surface area contributed by atoms with Crippen molar-refractivity contribution in [2.75, 3.05) is 34.4 Å². The third-order valence-corrected chi connectivity index (χ3v) is 2.83. The minimum atomic E-state index is 0. The first-order chi connectivity index (χ1) is 8.69. The molecule has 5 nitrogen and oxygen atoms in total. The summed E-state index contributed by atoms with van der Waals surface area (Å²) in [6, 6.07) is 4.17. The van der Waals surface area contributed by atoms with Gasteiger partial charge in [-0.3, -0.25) is 4.99 Å². The second-order valence-corrected chi connectivity index (χ2v) is 4.29. The maximum Gasteiger partial charge on any atom is 0.193 e. The highest BCUT2D eigenvalue weighted by atomic mass is 127. The van der Waals surface area contributed by atoms with Gasteiger partial charge in [-0.2, -0.15) is 0 Å². The van der Waals surface area contributed by atoms with Gasteiger partial charge in [-0.25, -0.2) is 0 Å². The molecule has 0 atom stereocenters. The molecule has 0 fully saturated rings. The molecule has 0 bridgehead atoms. The highest BCUT2D eigenvalue weighted by Crippen LogP contribution is 2.03. The summed E-state index contributed by atoms with van der Waals surface area (Å²) in [6.07, 6.45) is 3.03. The normalized spacial score (nSPS) is 11.1. The molecule has 1 rings (SSSR count). The maximum absolute atomic E-state index is 5.02. The predicted molar refractivity (Wildman–Crippen MR) is 90.1 cm³/mol. The number of aryl methyl sites for hydroxylation is 1. The molecule has 110 valence electrons.